The van der Waals surface area contributed by atoms with Gasteiger partial charge in [0.25, 0.3) is 0 Å². The topological polar surface area (TPSA) is 60.9 Å². The first kappa shape index (κ1) is 13.9. The van der Waals surface area contributed by atoms with E-state index in [1.54, 1.807) is 4.90 Å². The molecule has 112 valence electrons. The quantitative estimate of drug-likeness (QED) is 0.925. The van der Waals surface area contributed by atoms with Gasteiger partial charge in [-0.1, -0.05) is 6.07 Å². The molecule has 0 aromatic heterocycles. The van der Waals surface area contributed by atoms with Gasteiger partial charge < -0.3 is 14.9 Å². The minimum absolute atomic E-state index is 0.0989. The van der Waals surface area contributed by atoms with Gasteiger partial charge in [0, 0.05) is 37.4 Å². The second-order valence-corrected chi connectivity index (χ2v) is 5.81. The van der Waals surface area contributed by atoms with Crippen molar-refractivity contribution in [2.75, 3.05) is 29.4 Å². The summed E-state index contributed by atoms with van der Waals surface area (Å²) >= 11 is 0. The maximum atomic E-state index is 12.0. The fraction of sp³-hybridized carbons (Fsp3) is 0.500. The van der Waals surface area contributed by atoms with Gasteiger partial charge in [0.2, 0.25) is 5.91 Å². The van der Waals surface area contributed by atoms with Crippen LogP contribution >= 0.6 is 0 Å². The monoisotopic (exact) mass is 288 g/mol. The first-order valence-corrected chi connectivity index (χ1v) is 7.53. The lowest BCUT2D eigenvalue weighted by molar-refractivity contribution is -0.141. The lowest BCUT2D eigenvalue weighted by Gasteiger charge is -2.29. The second kappa shape index (κ2) is 5.76. The van der Waals surface area contributed by atoms with Crippen molar-refractivity contribution in [1.82, 2.24) is 0 Å². The molecule has 0 bridgehead atoms. The number of aliphatic carboxylic acids is 1. The summed E-state index contributed by atoms with van der Waals surface area (Å²) in [6, 6.07) is 7.90. The van der Waals surface area contributed by atoms with Crippen LogP contribution in [0.15, 0.2) is 24.3 Å². The molecule has 0 saturated carbocycles. The Labute approximate surface area is 124 Å². The third-order valence-corrected chi connectivity index (χ3v) is 4.34. The van der Waals surface area contributed by atoms with Crippen molar-refractivity contribution in [3.05, 3.63) is 24.3 Å². The molecule has 0 spiro atoms. The van der Waals surface area contributed by atoms with E-state index in [9.17, 15) is 9.59 Å². The molecule has 2 aliphatic heterocycles. The van der Waals surface area contributed by atoms with Gasteiger partial charge in [-0.25, -0.2) is 0 Å². The zero-order valence-corrected chi connectivity index (χ0v) is 12.0. The predicted octanol–water partition coefficient (Wildman–Crippen LogP) is 2.11. The van der Waals surface area contributed by atoms with Crippen molar-refractivity contribution >= 4 is 23.3 Å². The normalized spacial score (nSPS) is 22.7. The minimum atomic E-state index is -0.891. The zero-order valence-electron chi connectivity index (χ0n) is 12.0. The van der Waals surface area contributed by atoms with Crippen LogP contribution in [0.25, 0.3) is 0 Å². The van der Waals surface area contributed by atoms with E-state index in [1.807, 2.05) is 18.2 Å². The molecule has 1 unspecified atom stereocenters. The number of anilines is 2. The highest BCUT2D eigenvalue weighted by molar-refractivity contribution is 5.99. The van der Waals surface area contributed by atoms with Gasteiger partial charge in [0.05, 0.1) is 5.92 Å². The largest absolute Gasteiger partial charge is 0.481 e. The van der Waals surface area contributed by atoms with Crippen LogP contribution in [0.4, 0.5) is 11.4 Å². The molecule has 2 heterocycles. The third kappa shape index (κ3) is 2.86. The maximum Gasteiger partial charge on any atom is 0.308 e. The van der Waals surface area contributed by atoms with Crippen LogP contribution in [-0.2, 0) is 9.59 Å². The number of carbonyl (C=O) groups is 2. The Morgan fingerprint density at radius 1 is 1.14 bits per heavy atom. The average molecular weight is 288 g/mol. The minimum Gasteiger partial charge on any atom is -0.481 e. The van der Waals surface area contributed by atoms with Crippen molar-refractivity contribution in [2.24, 2.45) is 5.92 Å². The summed E-state index contributed by atoms with van der Waals surface area (Å²) < 4.78 is 0. The Balaban J connectivity index is 1.79. The molecule has 1 atom stereocenters. The number of carboxylic acids is 1. The van der Waals surface area contributed by atoms with E-state index in [0.717, 1.165) is 24.5 Å². The second-order valence-electron chi connectivity index (χ2n) is 5.81. The van der Waals surface area contributed by atoms with E-state index >= 15 is 0 Å². The molecule has 1 aromatic carbocycles. The Kier molecular flexibility index (Phi) is 3.82. The van der Waals surface area contributed by atoms with Crippen molar-refractivity contribution in [1.29, 1.82) is 0 Å². The molecular weight excluding hydrogens is 268 g/mol. The lowest BCUT2D eigenvalue weighted by atomic mass is 10.1. The molecule has 2 fully saturated rings. The SMILES string of the molecule is O=C(O)C1CC(=O)N(c2cccc(N3CCCCC3)c2)C1. The van der Waals surface area contributed by atoms with Crippen LogP contribution in [0, 0.1) is 5.92 Å². The van der Waals surface area contributed by atoms with Crippen molar-refractivity contribution in [2.45, 2.75) is 25.7 Å². The van der Waals surface area contributed by atoms with Crippen LogP contribution in [0.1, 0.15) is 25.7 Å². The number of hydrogen-bond donors (Lipinski definition) is 1. The zero-order chi connectivity index (χ0) is 14.8. The van der Waals surface area contributed by atoms with Gasteiger partial charge in [-0.3, -0.25) is 9.59 Å². The van der Waals surface area contributed by atoms with Crippen LogP contribution in [-0.4, -0.2) is 36.6 Å². The van der Waals surface area contributed by atoms with Gasteiger partial charge in [-0.15, -0.1) is 0 Å². The van der Waals surface area contributed by atoms with Crippen molar-refractivity contribution < 1.29 is 14.7 Å². The molecule has 2 aliphatic rings. The van der Waals surface area contributed by atoms with Gasteiger partial charge in [0.1, 0.15) is 0 Å². The molecule has 1 amide bonds. The first-order chi connectivity index (χ1) is 10.1. The fourth-order valence-electron chi connectivity index (χ4n) is 3.13. The number of benzene rings is 1. The number of carboxylic acid groups (broad SMARTS) is 1. The summed E-state index contributed by atoms with van der Waals surface area (Å²) in [6.07, 6.45) is 3.78. The highest BCUT2D eigenvalue weighted by atomic mass is 16.4. The maximum absolute atomic E-state index is 12.0. The summed E-state index contributed by atoms with van der Waals surface area (Å²) in [4.78, 5) is 27.0. The number of amides is 1. The smallest absolute Gasteiger partial charge is 0.308 e. The van der Waals surface area contributed by atoms with E-state index in [2.05, 4.69) is 11.0 Å². The molecule has 3 rings (SSSR count). The van der Waals surface area contributed by atoms with E-state index in [0.29, 0.717) is 0 Å². The summed E-state index contributed by atoms with van der Waals surface area (Å²) in [5.74, 6) is -1.58. The van der Waals surface area contributed by atoms with E-state index in [1.165, 1.54) is 19.3 Å². The Morgan fingerprint density at radius 2 is 1.86 bits per heavy atom. The van der Waals surface area contributed by atoms with E-state index in [4.69, 9.17) is 5.11 Å². The van der Waals surface area contributed by atoms with Crippen molar-refractivity contribution in [3.8, 4) is 0 Å². The van der Waals surface area contributed by atoms with Gasteiger partial charge in [0.15, 0.2) is 0 Å². The number of piperidine rings is 1. The molecule has 5 heteroatoms. The lowest BCUT2D eigenvalue weighted by Crippen LogP contribution is -2.30. The summed E-state index contributed by atoms with van der Waals surface area (Å²) in [5, 5.41) is 9.07. The summed E-state index contributed by atoms with van der Waals surface area (Å²) in [7, 11) is 0. The van der Waals surface area contributed by atoms with E-state index in [-0.39, 0.29) is 18.9 Å². The van der Waals surface area contributed by atoms with Gasteiger partial charge >= 0.3 is 5.97 Å². The number of carbonyl (C=O) groups excluding carboxylic acids is 1. The summed E-state index contributed by atoms with van der Waals surface area (Å²) in [5.41, 5.74) is 1.94. The molecule has 21 heavy (non-hydrogen) atoms. The predicted molar refractivity (Wildman–Crippen MR) is 80.6 cm³/mol. The molecule has 5 nitrogen and oxygen atoms in total. The van der Waals surface area contributed by atoms with Crippen LogP contribution in [0.5, 0.6) is 0 Å². The third-order valence-electron chi connectivity index (χ3n) is 4.34. The van der Waals surface area contributed by atoms with Crippen molar-refractivity contribution in [3.63, 3.8) is 0 Å². The molecule has 1 aromatic rings. The first-order valence-electron chi connectivity index (χ1n) is 7.53. The molecule has 0 aliphatic carbocycles. The van der Waals surface area contributed by atoms with Gasteiger partial charge in [-0.05, 0) is 37.5 Å². The number of nitrogens with zero attached hydrogens (tertiary/aromatic N) is 2. The molecule has 0 radical (unpaired) electrons. The Bertz CT molecular complexity index is 552. The van der Waals surface area contributed by atoms with Crippen LogP contribution < -0.4 is 9.80 Å². The average Bonchev–Trinajstić information content (AvgIpc) is 2.91. The Morgan fingerprint density at radius 3 is 2.52 bits per heavy atom. The number of rotatable bonds is 3. The van der Waals surface area contributed by atoms with Gasteiger partial charge in [-0.2, -0.15) is 0 Å². The fourth-order valence-corrected chi connectivity index (χ4v) is 3.13. The molecule has 1 N–H and O–H groups in total. The highest BCUT2D eigenvalue weighted by Crippen LogP contribution is 2.29. The highest BCUT2D eigenvalue weighted by Gasteiger charge is 2.35. The molecular formula is C16H20N2O3. The van der Waals surface area contributed by atoms with E-state index < -0.39 is 11.9 Å². The molecule has 2 saturated heterocycles. The van der Waals surface area contributed by atoms with Crippen LogP contribution in [0.2, 0.25) is 0 Å². The number of hydrogen-bond acceptors (Lipinski definition) is 3. The summed E-state index contributed by atoms with van der Waals surface area (Å²) in [6.45, 7) is 2.38. The van der Waals surface area contributed by atoms with Crippen LogP contribution in [0.3, 0.4) is 0 Å². The standard InChI is InChI=1S/C16H20N2O3/c19-15-9-12(16(20)21)11-18(15)14-6-4-5-13(10-14)17-7-2-1-3-8-17/h4-6,10,12H,1-3,7-9,11H2,(H,20,21). The Hall–Kier alpha value is -2.04.